The Hall–Kier alpha value is -0.820. The molecule has 1 aromatic rings. The van der Waals surface area contributed by atoms with Gasteiger partial charge in [0.15, 0.2) is 0 Å². The van der Waals surface area contributed by atoms with Crippen LogP contribution in [0.3, 0.4) is 0 Å². The van der Waals surface area contributed by atoms with Crippen molar-refractivity contribution in [3.8, 4) is 0 Å². The van der Waals surface area contributed by atoms with E-state index in [-0.39, 0.29) is 0 Å². The molecule has 0 N–H and O–H groups in total. The molecular weight excluding hydrogens is 160 g/mol. The molecule has 1 aromatic carbocycles. The summed E-state index contributed by atoms with van der Waals surface area (Å²) in [6.45, 7) is 2.16. The molecule has 0 radical (unpaired) electrons. The lowest BCUT2D eigenvalue weighted by atomic mass is 9.99. The molecule has 1 fully saturated rings. The van der Waals surface area contributed by atoms with Gasteiger partial charge in [-0.05, 0) is 31.7 Å². The fourth-order valence-corrected chi connectivity index (χ4v) is 1.92. The number of rotatable bonds is 1. The highest BCUT2D eigenvalue weighted by molar-refractivity contribution is 5.17. The molecular formula is C12H16O. The Balaban J connectivity index is 2.08. The van der Waals surface area contributed by atoms with Gasteiger partial charge in [0, 0.05) is 0 Å². The molecule has 1 heterocycles. The van der Waals surface area contributed by atoms with Gasteiger partial charge < -0.3 is 4.74 Å². The van der Waals surface area contributed by atoms with Crippen LogP contribution in [-0.2, 0) is 4.74 Å². The monoisotopic (exact) mass is 176 g/mol. The van der Waals surface area contributed by atoms with E-state index in [0.29, 0.717) is 12.2 Å². The number of benzene rings is 1. The van der Waals surface area contributed by atoms with Gasteiger partial charge in [-0.1, -0.05) is 30.3 Å². The second-order valence-corrected chi connectivity index (χ2v) is 3.78. The first-order valence-corrected chi connectivity index (χ1v) is 5.06. The van der Waals surface area contributed by atoms with Gasteiger partial charge in [0.2, 0.25) is 0 Å². The summed E-state index contributed by atoms with van der Waals surface area (Å²) in [5.41, 5.74) is 1.33. The SMILES string of the molecule is C[C@H]1CCCC(c2ccccc2)O1. The molecule has 0 spiro atoms. The van der Waals surface area contributed by atoms with Crippen molar-refractivity contribution in [2.24, 2.45) is 0 Å². The quantitative estimate of drug-likeness (QED) is 0.637. The van der Waals surface area contributed by atoms with Gasteiger partial charge >= 0.3 is 0 Å². The van der Waals surface area contributed by atoms with E-state index >= 15 is 0 Å². The molecule has 1 saturated heterocycles. The average Bonchev–Trinajstić information content (AvgIpc) is 2.19. The fourth-order valence-electron chi connectivity index (χ4n) is 1.92. The zero-order valence-corrected chi connectivity index (χ0v) is 8.07. The Kier molecular flexibility index (Phi) is 2.65. The second kappa shape index (κ2) is 3.93. The summed E-state index contributed by atoms with van der Waals surface area (Å²) in [5, 5.41) is 0. The molecule has 0 aromatic heterocycles. The Morgan fingerprint density at radius 3 is 2.62 bits per heavy atom. The van der Waals surface area contributed by atoms with Crippen LogP contribution in [0.2, 0.25) is 0 Å². The van der Waals surface area contributed by atoms with Crippen molar-refractivity contribution >= 4 is 0 Å². The van der Waals surface area contributed by atoms with Crippen LogP contribution >= 0.6 is 0 Å². The molecule has 1 unspecified atom stereocenters. The largest absolute Gasteiger partial charge is 0.371 e. The van der Waals surface area contributed by atoms with Crippen LogP contribution in [0.5, 0.6) is 0 Å². The lowest BCUT2D eigenvalue weighted by Gasteiger charge is -2.28. The highest BCUT2D eigenvalue weighted by Crippen LogP contribution is 2.30. The summed E-state index contributed by atoms with van der Waals surface area (Å²) in [4.78, 5) is 0. The van der Waals surface area contributed by atoms with Crippen molar-refractivity contribution in [3.05, 3.63) is 35.9 Å². The van der Waals surface area contributed by atoms with Gasteiger partial charge in [-0.25, -0.2) is 0 Å². The number of hydrogen-bond acceptors (Lipinski definition) is 1. The van der Waals surface area contributed by atoms with Crippen molar-refractivity contribution < 1.29 is 4.74 Å². The Morgan fingerprint density at radius 1 is 1.15 bits per heavy atom. The van der Waals surface area contributed by atoms with Crippen molar-refractivity contribution in [3.63, 3.8) is 0 Å². The van der Waals surface area contributed by atoms with Crippen LogP contribution in [0.15, 0.2) is 30.3 Å². The lowest BCUT2D eigenvalue weighted by Crippen LogP contribution is -2.19. The molecule has 0 amide bonds. The highest BCUT2D eigenvalue weighted by Gasteiger charge is 2.19. The highest BCUT2D eigenvalue weighted by atomic mass is 16.5. The summed E-state index contributed by atoms with van der Waals surface area (Å²) >= 11 is 0. The van der Waals surface area contributed by atoms with E-state index in [0.717, 1.165) is 0 Å². The molecule has 2 atom stereocenters. The fraction of sp³-hybridized carbons (Fsp3) is 0.500. The van der Waals surface area contributed by atoms with Gasteiger partial charge in [-0.3, -0.25) is 0 Å². The average molecular weight is 176 g/mol. The maximum Gasteiger partial charge on any atom is 0.0828 e. The van der Waals surface area contributed by atoms with Crippen LogP contribution in [0.1, 0.15) is 37.9 Å². The van der Waals surface area contributed by atoms with E-state index in [9.17, 15) is 0 Å². The summed E-state index contributed by atoms with van der Waals surface area (Å²) in [6.07, 6.45) is 4.45. The maximum atomic E-state index is 5.87. The van der Waals surface area contributed by atoms with Crippen LogP contribution in [0.25, 0.3) is 0 Å². The third kappa shape index (κ3) is 2.10. The molecule has 1 heteroatoms. The molecule has 1 aliphatic heterocycles. The second-order valence-electron chi connectivity index (χ2n) is 3.78. The van der Waals surface area contributed by atoms with E-state index in [1.54, 1.807) is 0 Å². The summed E-state index contributed by atoms with van der Waals surface area (Å²) < 4.78 is 5.87. The minimum Gasteiger partial charge on any atom is -0.371 e. The van der Waals surface area contributed by atoms with E-state index in [4.69, 9.17) is 4.74 Å². The molecule has 0 bridgehead atoms. The van der Waals surface area contributed by atoms with Gasteiger partial charge in [-0.15, -0.1) is 0 Å². The van der Waals surface area contributed by atoms with Crippen LogP contribution < -0.4 is 0 Å². The first-order chi connectivity index (χ1) is 6.36. The zero-order valence-electron chi connectivity index (χ0n) is 8.07. The molecule has 2 rings (SSSR count). The topological polar surface area (TPSA) is 9.23 Å². The lowest BCUT2D eigenvalue weighted by molar-refractivity contribution is -0.0414. The predicted octanol–water partition coefficient (Wildman–Crippen LogP) is 3.32. The van der Waals surface area contributed by atoms with Gasteiger partial charge in [0.25, 0.3) is 0 Å². The van der Waals surface area contributed by atoms with E-state index in [1.165, 1.54) is 24.8 Å². The van der Waals surface area contributed by atoms with Crippen molar-refractivity contribution in [1.29, 1.82) is 0 Å². The number of hydrogen-bond donors (Lipinski definition) is 0. The Labute approximate surface area is 79.7 Å². The molecule has 1 aliphatic rings. The first kappa shape index (κ1) is 8.76. The minimum atomic E-state index is 0.338. The number of ether oxygens (including phenoxy) is 1. The van der Waals surface area contributed by atoms with Crippen molar-refractivity contribution in [1.82, 2.24) is 0 Å². The Bertz CT molecular complexity index is 255. The van der Waals surface area contributed by atoms with Gasteiger partial charge in [-0.2, -0.15) is 0 Å². The molecule has 0 aliphatic carbocycles. The standard InChI is InChI=1S/C12H16O/c1-10-6-5-9-12(13-10)11-7-3-2-4-8-11/h2-4,7-8,10,12H,5-6,9H2,1H3/t10-,12?/m0/s1. The molecule has 1 nitrogen and oxygen atoms in total. The van der Waals surface area contributed by atoms with Gasteiger partial charge in [0.1, 0.15) is 0 Å². The van der Waals surface area contributed by atoms with Crippen LogP contribution in [0.4, 0.5) is 0 Å². The minimum absolute atomic E-state index is 0.338. The molecule has 70 valence electrons. The summed E-state index contributed by atoms with van der Waals surface area (Å²) in [7, 11) is 0. The normalized spacial score (nSPS) is 28.7. The third-order valence-corrected chi connectivity index (χ3v) is 2.64. The summed E-state index contributed by atoms with van der Waals surface area (Å²) in [5.74, 6) is 0. The summed E-state index contributed by atoms with van der Waals surface area (Å²) in [6, 6.07) is 10.5. The Morgan fingerprint density at radius 2 is 1.92 bits per heavy atom. The van der Waals surface area contributed by atoms with Gasteiger partial charge in [0.05, 0.1) is 12.2 Å². The molecule has 0 saturated carbocycles. The van der Waals surface area contributed by atoms with E-state index < -0.39 is 0 Å². The predicted molar refractivity (Wildman–Crippen MR) is 53.6 cm³/mol. The smallest absolute Gasteiger partial charge is 0.0828 e. The maximum absolute atomic E-state index is 5.87. The van der Waals surface area contributed by atoms with Crippen molar-refractivity contribution in [2.75, 3.05) is 0 Å². The molecule has 13 heavy (non-hydrogen) atoms. The van der Waals surface area contributed by atoms with E-state index in [1.807, 2.05) is 0 Å². The van der Waals surface area contributed by atoms with Crippen LogP contribution in [0, 0.1) is 0 Å². The third-order valence-electron chi connectivity index (χ3n) is 2.64. The first-order valence-electron chi connectivity index (χ1n) is 5.06. The van der Waals surface area contributed by atoms with E-state index in [2.05, 4.69) is 37.3 Å². The van der Waals surface area contributed by atoms with Crippen molar-refractivity contribution in [2.45, 2.75) is 38.4 Å². The van der Waals surface area contributed by atoms with Crippen LogP contribution in [-0.4, -0.2) is 6.10 Å². The zero-order chi connectivity index (χ0) is 9.10.